The van der Waals surface area contributed by atoms with E-state index in [0.717, 1.165) is 65.6 Å². The minimum absolute atomic E-state index is 0.00661. The molecule has 1 fully saturated rings. The first kappa shape index (κ1) is 39.1. The van der Waals surface area contributed by atoms with Crippen molar-refractivity contribution in [2.45, 2.75) is 71.3 Å². The van der Waals surface area contributed by atoms with E-state index in [1.54, 1.807) is 23.4 Å². The SMILES string of the molecule is CC(=O)N1c2ccc(-c3ccc(C(=O)NCCCCCNC(=O)C4CC(c5cccc(C)c5)CN(C(=O)/C(C#N)=C/c5nccs5)C4)cc3)cc2CC[C@@H]1C. The van der Waals surface area contributed by atoms with Crippen LogP contribution in [-0.4, -0.2) is 65.7 Å². The molecule has 2 N–H and O–H groups in total. The predicted molar refractivity (Wildman–Crippen MR) is 216 cm³/mol. The lowest BCUT2D eigenvalue weighted by Crippen LogP contribution is -2.48. The van der Waals surface area contributed by atoms with Crippen LogP contribution in [0, 0.1) is 24.2 Å². The average Bonchev–Trinajstić information content (AvgIpc) is 3.72. The molecular formula is C44H48N6O4S. The van der Waals surface area contributed by atoms with Crippen molar-refractivity contribution in [3.63, 3.8) is 0 Å². The second-order valence-electron chi connectivity index (χ2n) is 14.6. The van der Waals surface area contributed by atoms with Crippen LogP contribution in [0.3, 0.4) is 0 Å². The average molecular weight is 757 g/mol. The Labute approximate surface area is 327 Å². The Hall–Kier alpha value is -5.60. The van der Waals surface area contributed by atoms with Crippen molar-refractivity contribution in [1.82, 2.24) is 20.5 Å². The molecule has 4 amide bonds. The summed E-state index contributed by atoms with van der Waals surface area (Å²) in [6.45, 7) is 7.41. The highest BCUT2D eigenvalue weighted by Gasteiger charge is 2.35. The van der Waals surface area contributed by atoms with E-state index in [-0.39, 0.29) is 41.8 Å². The third-order valence-corrected chi connectivity index (χ3v) is 11.3. The first-order chi connectivity index (χ1) is 26.6. The fraction of sp³-hybridized carbons (Fsp3) is 0.364. The molecule has 3 aromatic carbocycles. The summed E-state index contributed by atoms with van der Waals surface area (Å²) in [6.07, 6.45) is 7.96. The summed E-state index contributed by atoms with van der Waals surface area (Å²) in [6, 6.07) is 24.2. The molecule has 11 heteroatoms. The lowest BCUT2D eigenvalue weighted by Gasteiger charge is -2.37. The Morgan fingerprint density at radius 2 is 1.73 bits per heavy atom. The van der Waals surface area contributed by atoms with E-state index in [9.17, 15) is 24.4 Å². The third-order valence-electron chi connectivity index (χ3n) is 10.6. The standard InChI is InChI=1S/C44H48N6O4S/c1-29-8-7-9-34(22-29)38-24-39(28-49(27-38)44(54)37(26-45)25-41-46-20-21-55-41)43(53)48-19-6-4-5-18-47-42(52)33-14-12-32(13-15-33)35-16-17-40-36(23-35)11-10-30(2)50(40)31(3)51/h7-9,12-17,20-23,25,30,38-39H,4-6,10-11,18-19,24,27-28H2,1-3H3,(H,47,52)(H,48,53)/b37-25+/t30-,38?,39?/m0/s1. The van der Waals surface area contributed by atoms with E-state index in [0.29, 0.717) is 36.6 Å². The number of thiazole rings is 1. The number of unbranched alkanes of at least 4 members (excludes halogenated alkanes) is 2. The van der Waals surface area contributed by atoms with Gasteiger partial charge in [0.2, 0.25) is 11.8 Å². The highest BCUT2D eigenvalue weighted by atomic mass is 32.1. The molecule has 1 saturated heterocycles. The zero-order valence-corrected chi connectivity index (χ0v) is 32.5. The van der Waals surface area contributed by atoms with E-state index in [2.05, 4.69) is 34.7 Å². The van der Waals surface area contributed by atoms with Gasteiger partial charge in [-0.1, -0.05) is 48.0 Å². The Kier molecular flexibility index (Phi) is 12.9. The van der Waals surface area contributed by atoms with Gasteiger partial charge >= 0.3 is 0 Å². The number of hydrogen-bond acceptors (Lipinski definition) is 7. The van der Waals surface area contributed by atoms with Crippen LogP contribution in [0.25, 0.3) is 17.2 Å². The van der Waals surface area contributed by atoms with E-state index in [1.807, 2.05) is 72.5 Å². The summed E-state index contributed by atoms with van der Waals surface area (Å²) in [5.74, 6) is -1.02. The minimum Gasteiger partial charge on any atom is -0.356 e. The Morgan fingerprint density at radius 1 is 0.964 bits per heavy atom. The molecule has 3 atom stereocenters. The zero-order chi connectivity index (χ0) is 38.9. The Balaban J connectivity index is 0.960. The number of aromatic nitrogens is 1. The largest absolute Gasteiger partial charge is 0.356 e. The summed E-state index contributed by atoms with van der Waals surface area (Å²) in [5, 5.41) is 18.3. The summed E-state index contributed by atoms with van der Waals surface area (Å²) in [7, 11) is 0. The van der Waals surface area contributed by atoms with E-state index >= 15 is 0 Å². The molecule has 2 unspecified atom stereocenters. The number of carbonyl (C=O) groups is 4. The van der Waals surface area contributed by atoms with Crippen molar-refractivity contribution < 1.29 is 19.2 Å². The van der Waals surface area contributed by atoms with Gasteiger partial charge in [-0.3, -0.25) is 19.2 Å². The predicted octanol–water partition coefficient (Wildman–Crippen LogP) is 7.06. The first-order valence-electron chi connectivity index (χ1n) is 19.1. The fourth-order valence-electron chi connectivity index (χ4n) is 7.67. The third kappa shape index (κ3) is 9.75. The van der Waals surface area contributed by atoms with Crippen molar-refractivity contribution in [3.8, 4) is 17.2 Å². The number of piperidine rings is 1. The number of amides is 4. The fourth-order valence-corrected chi connectivity index (χ4v) is 8.24. The number of nitriles is 1. The summed E-state index contributed by atoms with van der Waals surface area (Å²) < 4.78 is 0. The van der Waals surface area contributed by atoms with E-state index < -0.39 is 11.8 Å². The smallest absolute Gasteiger partial charge is 0.264 e. The van der Waals surface area contributed by atoms with Gasteiger partial charge in [-0.25, -0.2) is 4.98 Å². The van der Waals surface area contributed by atoms with Crippen LogP contribution in [0.2, 0.25) is 0 Å². The van der Waals surface area contributed by atoms with Crippen molar-refractivity contribution in [3.05, 3.63) is 111 Å². The number of aryl methyl sites for hydroxylation is 2. The Morgan fingerprint density at radius 3 is 2.44 bits per heavy atom. The van der Waals surface area contributed by atoms with Crippen molar-refractivity contribution in [1.29, 1.82) is 5.26 Å². The molecule has 6 rings (SSSR count). The number of anilines is 1. The normalized spacial score (nSPS) is 18.2. The van der Waals surface area contributed by atoms with E-state index in [4.69, 9.17) is 0 Å². The van der Waals surface area contributed by atoms with Gasteiger partial charge in [0.05, 0.1) is 5.92 Å². The van der Waals surface area contributed by atoms with Gasteiger partial charge in [0.25, 0.3) is 11.8 Å². The van der Waals surface area contributed by atoms with E-state index in [1.165, 1.54) is 17.4 Å². The molecule has 0 aliphatic carbocycles. The molecule has 0 bridgehead atoms. The van der Waals surface area contributed by atoms with Gasteiger partial charge in [0.1, 0.15) is 16.6 Å². The minimum atomic E-state index is -0.415. The molecule has 284 valence electrons. The quantitative estimate of drug-likeness (QED) is 0.0903. The van der Waals surface area contributed by atoms with Crippen LogP contribution >= 0.6 is 11.3 Å². The lowest BCUT2D eigenvalue weighted by atomic mass is 9.83. The molecular weight excluding hydrogens is 709 g/mol. The number of nitrogens with zero attached hydrogens (tertiary/aromatic N) is 4. The van der Waals surface area contributed by atoms with Gasteiger partial charge in [-0.2, -0.15) is 5.26 Å². The van der Waals surface area contributed by atoms with Gasteiger partial charge in [0, 0.05) is 67.9 Å². The molecule has 1 aromatic heterocycles. The highest BCUT2D eigenvalue weighted by molar-refractivity contribution is 7.10. The molecule has 2 aliphatic heterocycles. The molecule has 55 heavy (non-hydrogen) atoms. The molecule has 0 radical (unpaired) electrons. The van der Waals surface area contributed by atoms with Gasteiger partial charge in [0.15, 0.2) is 0 Å². The molecule has 0 spiro atoms. The van der Waals surface area contributed by atoms with Crippen LogP contribution in [0.15, 0.2) is 83.9 Å². The van der Waals surface area contributed by atoms with Gasteiger partial charge in [-0.15, -0.1) is 11.3 Å². The zero-order valence-electron chi connectivity index (χ0n) is 31.7. The van der Waals surface area contributed by atoms with Crippen molar-refractivity contribution >= 4 is 46.7 Å². The lowest BCUT2D eigenvalue weighted by molar-refractivity contribution is -0.133. The van der Waals surface area contributed by atoms with Crippen LogP contribution in [-0.2, 0) is 20.8 Å². The number of likely N-dealkylation sites (tertiary alicyclic amines) is 1. The number of rotatable bonds is 12. The van der Waals surface area contributed by atoms with Crippen LogP contribution in [0.1, 0.15) is 83.9 Å². The molecule has 10 nitrogen and oxygen atoms in total. The molecule has 3 heterocycles. The molecule has 0 saturated carbocycles. The maximum absolute atomic E-state index is 13.6. The molecule has 2 aliphatic rings. The number of nitrogens with one attached hydrogen (secondary N) is 2. The van der Waals surface area contributed by atoms with Gasteiger partial charge in [-0.05, 0) is 105 Å². The number of fused-ring (bicyclic) bond motifs is 1. The van der Waals surface area contributed by atoms with Crippen LogP contribution < -0.4 is 15.5 Å². The van der Waals surface area contributed by atoms with Crippen molar-refractivity contribution in [2.24, 2.45) is 5.92 Å². The summed E-state index contributed by atoms with van der Waals surface area (Å²) >= 11 is 1.35. The summed E-state index contributed by atoms with van der Waals surface area (Å²) in [4.78, 5) is 59.8. The Bertz CT molecular complexity index is 2090. The van der Waals surface area contributed by atoms with Crippen LogP contribution in [0.5, 0.6) is 0 Å². The summed E-state index contributed by atoms with van der Waals surface area (Å²) in [5.41, 5.74) is 7.01. The first-order valence-corrected chi connectivity index (χ1v) is 20.0. The second-order valence-corrected chi connectivity index (χ2v) is 15.5. The second kappa shape index (κ2) is 18.2. The molecule has 4 aromatic rings. The monoisotopic (exact) mass is 756 g/mol. The van der Waals surface area contributed by atoms with Gasteiger partial charge < -0.3 is 20.4 Å². The topological polar surface area (TPSA) is 136 Å². The van der Waals surface area contributed by atoms with Crippen LogP contribution in [0.4, 0.5) is 5.69 Å². The number of hydrogen-bond donors (Lipinski definition) is 2. The maximum Gasteiger partial charge on any atom is 0.264 e. The highest BCUT2D eigenvalue weighted by Crippen LogP contribution is 2.35. The van der Waals surface area contributed by atoms with Crippen molar-refractivity contribution in [2.75, 3.05) is 31.1 Å². The number of benzene rings is 3. The number of carbonyl (C=O) groups excluding carboxylic acids is 4. The maximum atomic E-state index is 13.6.